The van der Waals surface area contributed by atoms with Crippen molar-refractivity contribution in [3.05, 3.63) is 0 Å². The molecule has 0 aliphatic rings. The molecule has 0 saturated carbocycles. The number of hydrogen-bond donors (Lipinski definition) is 0. The fourth-order valence-corrected chi connectivity index (χ4v) is 0. The molecule has 0 unspecified atom stereocenters. The number of rotatable bonds is 0. The summed E-state index contributed by atoms with van der Waals surface area (Å²) in [4.78, 5) is 0. The molecule has 6 heavy (non-hydrogen) atoms. The van der Waals surface area contributed by atoms with Crippen LogP contribution in [0.5, 0.6) is 0 Å². The van der Waals surface area contributed by atoms with Crippen molar-refractivity contribution in [2.45, 2.75) is 6.36 Å². The predicted molar refractivity (Wildman–Crippen MR) is 17.1 cm³/mol. The third-order valence-corrected chi connectivity index (χ3v) is 0.694. The van der Waals surface area contributed by atoms with E-state index in [-0.39, 0.29) is 10.5 Å². The monoisotopic (exact) mass is 116 g/mol. The highest BCUT2D eigenvalue weighted by molar-refractivity contribution is 5.98. The molecule has 0 rings (SSSR count). The van der Waals surface area contributed by atoms with Crippen molar-refractivity contribution in [2.24, 2.45) is 0 Å². The van der Waals surface area contributed by atoms with Gasteiger partial charge in [0.2, 0.25) is 0 Å². The van der Waals surface area contributed by atoms with Gasteiger partial charge in [-0.05, 0) is 0 Å². The minimum atomic E-state index is -4.40. The fraction of sp³-hybridized carbons (Fsp3) is 1.00. The van der Waals surface area contributed by atoms with E-state index in [0.29, 0.717) is 0 Å². The third-order valence-electron chi connectivity index (χ3n) is 0.231. The van der Waals surface area contributed by atoms with Gasteiger partial charge in [0.25, 0.3) is 0 Å². The summed E-state index contributed by atoms with van der Waals surface area (Å²) in [7, 11) is -0.277. The highest BCUT2D eigenvalue weighted by Crippen LogP contribution is 2.12. The van der Waals surface area contributed by atoms with Gasteiger partial charge in [-0.3, -0.25) is 0 Å². The first-order valence-electron chi connectivity index (χ1n) is 1.18. The zero-order valence-electron chi connectivity index (χ0n) is 3.04. The molecule has 0 aromatic carbocycles. The zero-order chi connectivity index (χ0) is 5.21. The summed E-state index contributed by atoms with van der Waals surface area (Å²) in [6.07, 6.45) is -4.40. The Hall–Kier alpha value is -0.0331. The van der Waals surface area contributed by atoms with Crippen molar-refractivity contribution in [3.8, 4) is 0 Å². The summed E-state index contributed by atoms with van der Waals surface area (Å²) in [5, 5.41) is 0. The van der Waals surface area contributed by atoms with Gasteiger partial charge < -0.3 is 4.43 Å². The standard InChI is InChI=1S/CH3F3OSi/c2-1(3,4)5-6/h6H3. The van der Waals surface area contributed by atoms with Gasteiger partial charge in [-0.2, -0.15) is 0 Å². The summed E-state index contributed by atoms with van der Waals surface area (Å²) >= 11 is 0. The average molecular weight is 116 g/mol. The smallest absolute Gasteiger partial charge is 0.346 e. The molecule has 0 bridgehead atoms. The average Bonchev–Trinajstić information content (AvgIpc) is 1.35. The van der Waals surface area contributed by atoms with E-state index >= 15 is 0 Å². The van der Waals surface area contributed by atoms with E-state index in [1.807, 2.05) is 0 Å². The molecule has 5 heteroatoms. The quantitative estimate of drug-likeness (QED) is 0.398. The van der Waals surface area contributed by atoms with Crippen LogP contribution in [0.25, 0.3) is 0 Å². The lowest BCUT2D eigenvalue weighted by molar-refractivity contribution is -0.273. The first-order chi connectivity index (χ1) is 2.56. The van der Waals surface area contributed by atoms with Crippen LogP contribution in [0.3, 0.4) is 0 Å². The first-order valence-corrected chi connectivity index (χ1v) is 2.00. The molecular weight excluding hydrogens is 113 g/mol. The minimum absolute atomic E-state index is 0.277. The second-order valence-corrected chi connectivity index (χ2v) is 1.06. The van der Waals surface area contributed by atoms with Crippen LogP contribution in [-0.4, -0.2) is 16.8 Å². The van der Waals surface area contributed by atoms with Crippen LogP contribution in [0.1, 0.15) is 0 Å². The van der Waals surface area contributed by atoms with Crippen LogP contribution in [0.15, 0.2) is 0 Å². The summed E-state index contributed by atoms with van der Waals surface area (Å²) in [6.45, 7) is 0. The maximum Gasteiger partial charge on any atom is 0.511 e. The zero-order valence-corrected chi connectivity index (χ0v) is 5.04. The van der Waals surface area contributed by atoms with Gasteiger partial charge in [0.15, 0.2) is 10.5 Å². The second kappa shape index (κ2) is 1.61. The van der Waals surface area contributed by atoms with E-state index in [1.165, 1.54) is 0 Å². The topological polar surface area (TPSA) is 9.23 Å². The molecule has 38 valence electrons. The largest absolute Gasteiger partial charge is 0.511 e. The summed E-state index contributed by atoms with van der Waals surface area (Å²) in [6, 6.07) is 0. The van der Waals surface area contributed by atoms with E-state index in [9.17, 15) is 13.2 Å². The van der Waals surface area contributed by atoms with Gasteiger partial charge >= 0.3 is 6.36 Å². The van der Waals surface area contributed by atoms with Crippen LogP contribution in [0.4, 0.5) is 13.2 Å². The highest BCUT2D eigenvalue weighted by Gasteiger charge is 2.24. The molecule has 0 radical (unpaired) electrons. The van der Waals surface area contributed by atoms with Gasteiger partial charge in [-0.15, -0.1) is 13.2 Å². The van der Waals surface area contributed by atoms with Crippen molar-refractivity contribution in [1.29, 1.82) is 0 Å². The predicted octanol–water partition coefficient (Wildman–Crippen LogP) is -0.197. The van der Waals surface area contributed by atoms with Crippen LogP contribution < -0.4 is 0 Å². The van der Waals surface area contributed by atoms with E-state index < -0.39 is 6.36 Å². The van der Waals surface area contributed by atoms with Crippen molar-refractivity contribution >= 4 is 10.5 Å². The first kappa shape index (κ1) is 5.97. The molecule has 0 atom stereocenters. The van der Waals surface area contributed by atoms with Gasteiger partial charge in [0.1, 0.15) is 0 Å². The van der Waals surface area contributed by atoms with Crippen molar-refractivity contribution in [3.63, 3.8) is 0 Å². The Morgan fingerprint density at radius 1 is 1.33 bits per heavy atom. The van der Waals surface area contributed by atoms with E-state index in [4.69, 9.17) is 0 Å². The summed E-state index contributed by atoms with van der Waals surface area (Å²) in [5.41, 5.74) is 0. The Bertz CT molecular complexity index is 40.5. The highest BCUT2D eigenvalue weighted by atomic mass is 28.2. The van der Waals surface area contributed by atoms with E-state index in [0.717, 1.165) is 0 Å². The number of alkyl halides is 3. The lowest BCUT2D eigenvalue weighted by atomic mass is 11.4. The molecule has 0 spiro atoms. The molecule has 0 N–H and O–H groups in total. The maximum atomic E-state index is 10.6. The van der Waals surface area contributed by atoms with E-state index in [2.05, 4.69) is 4.43 Å². The van der Waals surface area contributed by atoms with Crippen molar-refractivity contribution < 1.29 is 17.6 Å². The Morgan fingerprint density at radius 3 is 1.50 bits per heavy atom. The van der Waals surface area contributed by atoms with Gasteiger partial charge in [-0.25, -0.2) is 0 Å². The molecular formula is CH3F3OSi. The molecule has 0 fully saturated rings. The van der Waals surface area contributed by atoms with Gasteiger partial charge in [-0.1, -0.05) is 0 Å². The number of hydrogen-bond acceptors (Lipinski definition) is 1. The Labute approximate surface area is 35.6 Å². The van der Waals surface area contributed by atoms with Crippen LogP contribution in [0, 0.1) is 0 Å². The molecule has 0 heterocycles. The van der Waals surface area contributed by atoms with Crippen LogP contribution in [0.2, 0.25) is 0 Å². The molecule has 0 amide bonds. The van der Waals surface area contributed by atoms with Crippen LogP contribution >= 0.6 is 0 Å². The third kappa shape index (κ3) is 3.97. The molecule has 0 aliphatic heterocycles. The normalized spacial score (nSPS) is 12.5. The lowest BCUT2D eigenvalue weighted by Crippen LogP contribution is -2.09. The van der Waals surface area contributed by atoms with Gasteiger partial charge in [0.05, 0.1) is 0 Å². The molecule has 0 aromatic heterocycles. The maximum absolute atomic E-state index is 10.6. The lowest BCUT2D eigenvalue weighted by Gasteiger charge is -1.98. The van der Waals surface area contributed by atoms with E-state index in [1.54, 1.807) is 0 Å². The second-order valence-electron chi connectivity index (χ2n) is 0.650. The summed E-state index contributed by atoms with van der Waals surface area (Å²) < 4.78 is 34.9. The number of halogens is 3. The summed E-state index contributed by atoms with van der Waals surface area (Å²) in [5.74, 6) is 0. The molecule has 1 nitrogen and oxygen atoms in total. The van der Waals surface area contributed by atoms with Gasteiger partial charge in [0, 0.05) is 0 Å². The van der Waals surface area contributed by atoms with Crippen molar-refractivity contribution in [2.75, 3.05) is 0 Å². The Kier molecular flexibility index (Phi) is 1.60. The fourth-order valence-electron chi connectivity index (χ4n) is 0. The molecule has 0 saturated heterocycles. The SMILES string of the molecule is FC(F)(F)O[SiH3]. The van der Waals surface area contributed by atoms with Crippen LogP contribution in [-0.2, 0) is 4.43 Å². The Balaban J connectivity index is 3.17. The molecule has 0 aliphatic carbocycles. The molecule has 0 aromatic rings. The van der Waals surface area contributed by atoms with Crippen molar-refractivity contribution in [1.82, 2.24) is 0 Å². The minimum Gasteiger partial charge on any atom is -0.346 e. The Morgan fingerprint density at radius 2 is 1.50 bits per heavy atom.